The van der Waals surface area contributed by atoms with Gasteiger partial charge in [-0.2, -0.15) is 0 Å². The summed E-state index contributed by atoms with van der Waals surface area (Å²) in [5.41, 5.74) is 4.71. The summed E-state index contributed by atoms with van der Waals surface area (Å²) in [6, 6.07) is 16.0. The van der Waals surface area contributed by atoms with Gasteiger partial charge in [0.15, 0.2) is 8.32 Å². The average Bonchev–Trinajstić information content (AvgIpc) is 3.07. The van der Waals surface area contributed by atoms with Gasteiger partial charge in [0.25, 0.3) is 0 Å². The summed E-state index contributed by atoms with van der Waals surface area (Å²) in [6.07, 6.45) is 0.159. The van der Waals surface area contributed by atoms with Crippen molar-refractivity contribution in [3.05, 3.63) is 59.7 Å². The third kappa shape index (κ3) is 4.97. The summed E-state index contributed by atoms with van der Waals surface area (Å²) in [5, 5.41) is 2.84. The average molecular weight is 454 g/mol. The van der Waals surface area contributed by atoms with Gasteiger partial charge in [-0.3, -0.25) is 0 Å². The van der Waals surface area contributed by atoms with Crippen LogP contribution in [0.25, 0.3) is 11.1 Å². The van der Waals surface area contributed by atoms with Crippen LogP contribution < -0.4 is 5.32 Å². The molecule has 0 saturated carbocycles. The maximum absolute atomic E-state index is 12.7. The van der Waals surface area contributed by atoms with Gasteiger partial charge in [0, 0.05) is 5.92 Å². The molecule has 2 unspecified atom stereocenters. The van der Waals surface area contributed by atoms with E-state index in [1.54, 1.807) is 0 Å². The zero-order valence-electron chi connectivity index (χ0n) is 20.0. The maximum atomic E-state index is 12.7. The lowest BCUT2D eigenvalue weighted by Crippen LogP contribution is -2.52. The third-order valence-electron chi connectivity index (χ3n) is 6.85. The fourth-order valence-electron chi connectivity index (χ4n) is 3.93. The molecule has 0 bridgehead atoms. The van der Waals surface area contributed by atoms with Crippen LogP contribution in [0.15, 0.2) is 48.5 Å². The highest BCUT2D eigenvalue weighted by molar-refractivity contribution is 6.74. The van der Waals surface area contributed by atoms with Crippen LogP contribution >= 0.6 is 0 Å². The lowest BCUT2D eigenvalue weighted by molar-refractivity contribution is -0.115. The number of hydrogen-bond donors (Lipinski definition) is 1. The predicted octanol–water partition coefficient (Wildman–Crippen LogP) is 5.89. The molecule has 0 heterocycles. The number of amides is 1. The topological polar surface area (TPSA) is 64.6 Å². The number of alkyl carbamates (subject to hydrolysis) is 1. The van der Waals surface area contributed by atoms with Crippen LogP contribution in [-0.4, -0.2) is 39.4 Å². The van der Waals surface area contributed by atoms with E-state index in [4.69, 9.17) is 9.16 Å². The van der Waals surface area contributed by atoms with E-state index in [-0.39, 0.29) is 17.6 Å². The van der Waals surface area contributed by atoms with Gasteiger partial charge < -0.3 is 19.3 Å². The van der Waals surface area contributed by atoms with Crippen molar-refractivity contribution < 1.29 is 18.8 Å². The Bertz CT molecular complexity index is 921. The van der Waals surface area contributed by atoms with Crippen LogP contribution in [0.2, 0.25) is 18.1 Å². The molecule has 0 fully saturated rings. The molecule has 1 N–H and O–H groups in total. The summed E-state index contributed by atoms with van der Waals surface area (Å²) >= 11 is 0. The zero-order valence-corrected chi connectivity index (χ0v) is 21.0. The van der Waals surface area contributed by atoms with E-state index in [9.17, 15) is 9.59 Å². The van der Waals surface area contributed by atoms with Crippen molar-refractivity contribution in [2.24, 2.45) is 0 Å². The molecule has 0 spiro atoms. The molecule has 1 aliphatic carbocycles. The second-order valence-corrected chi connectivity index (χ2v) is 14.7. The van der Waals surface area contributed by atoms with Crippen molar-refractivity contribution >= 4 is 20.7 Å². The molecule has 6 heteroatoms. The molecule has 1 amide bonds. The number of nitrogens with one attached hydrogen (secondary N) is 1. The van der Waals surface area contributed by atoms with Crippen molar-refractivity contribution in [1.29, 1.82) is 0 Å². The fraction of sp³-hybridized carbons (Fsp3) is 0.462. The van der Waals surface area contributed by atoms with Crippen LogP contribution in [0.1, 0.15) is 51.2 Å². The van der Waals surface area contributed by atoms with E-state index < -0.39 is 26.6 Å². The molecule has 0 saturated heterocycles. The molecular formula is C26H35NO4Si. The lowest BCUT2D eigenvalue weighted by atomic mass is 9.98. The monoisotopic (exact) mass is 453 g/mol. The molecule has 0 aromatic heterocycles. The number of ether oxygens (including phenoxy) is 1. The Morgan fingerprint density at radius 2 is 1.59 bits per heavy atom. The highest BCUT2D eigenvalue weighted by Gasteiger charge is 2.41. The second kappa shape index (κ2) is 9.59. The van der Waals surface area contributed by atoms with E-state index in [2.05, 4.69) is 63.4 Å². The summed E-state index contributed by atoms with van der Waals surface area (Å²) in [5.74, 6) is -0.00132. The Morgan fingerprint density at radius 1 is 1.06 bits per heavy atom. The molecule has 0 aliphatic heterocycles. The van der Waals surface area contributed by atoms with Crippen LogP contribution in [0, 0.1) is 0 Å². The number of aldehydes is 1. The van der Waals surface area contributed by atoms with Crippen molar-refractivity contribution in [2.45, 2.75) is 70.3 Å². The highest BCUT2D eigenvalue weighted by Crippen LogP contribution is 2.44. The first-order chi connectivity index (χ1) is 15.1. The first-order valence-corrected chi connectivity index (χ1v) is 14.2. The Labute approximate surface area is 192 Å². The number of rotatable bonds is 8. The molecule has 1 aliphatic rings. The molecular weight excluding hydrogens is 418 g/mol. The van der Waals surface area contributed by atoms with E-state index in [0.29, 0.717) is 6.42 Å². The number of hydrogen-bond acceptors (Lipinski definition) is 4. The first kappa shape index (κ1) is 24.2. The van der Waals surface area contributed by atoms with Gasteiger partial charge >= 0.3 is 6.09 Å². The zero-order chi connectivity index (χ0) is 23.5. The second-order valence-electron chi connectivity index (χ2n) is 9.96. The molecule has 2 aromatic carbocycles. The summed E-state index contributed by atoms with van der Waals surface area (Å²) in [7, 11) is -2.16. The smallest absolute Gasteiger partial charge is 0.407 e. The molecule has 3 rings (SSSR count). The third-order valence-corrected chi connectivity index (χ3v) is 11.3. The van der Waals surface area contributed by atoms with E-state index in [1.165, 1.54) is 22.3 Å². The minimum absolute atomic E-state index is 0.00132. The molecule has 0 radical (unpaired) electrons. The van der Waals surface area contributed by atoms with Gasteiger partial charge in [0.05, 0.1) is 6.04 Å². The Hall–Kier alpha value is -2.44. The standard InChI is InChI=1S/C26H35NO4Si/c1-7-23(24(16-28)31-32(5,6)26(2,3)4)27-25(29)30-17-22-20-14-10-8-12-18(20)19-13-9-11-15-21(19)22/h8-16,22-24H,7,17H2,1-6H3,(H,27,29). The van der Waals surface area contributed by atoms with Crippen molar-refractivity contribution in [3.63, 3.8) is 0 Å². The molecule has 172 valence electrons. The largest absolute Gasteiger partial charge is 0.449 e. The fourth-order valence-corrected chi connectivity index (χ4v) is 5.18. The highest BCUT2D eigenvalue weighted by atomic mass is 28.4. The Morgan fingerprint density at radius 3 is 2.06 bits per heavy atom. The molecule has 2 aromatic rings. The van der Waals surface area contributed by atoms with Crippen LogP contribution in [0.5, 0.6) is 0 Å². The summed E-state index contributed by atoms with van der Waals surface area (Å²) in [6.45, 7) is 12.8. The first-order valence-electron chi connectivity index (χ1n) is 11.3. The predicted molar refractivity (Wildman–Crippen MR) is 130 cm³/mol. The number of carbonyl (C=O) groups is 2. The van der Waals surface area contributed by atoms with E-state index in [1.807, 2.05) is 31.2 Å². The minimum atomic E-state index is -2.16. The molecule has 5 nitrogen and oxygen atoms in total. The van der Waals surface area contributed by atoms with Crippen molar-refractivity contribution in [2.75, 3.05) is 6.61 Å². The maximum Gasteiger partial charge on any atom is 0.407 e. The van der Waals surface area contributed by atoms with E-state index in [0.717, 1.165) is 6.29 Å². The van der Waals surface area contributed by atoms with E-state index >= 15 is 0 Å². The molecule has 2 atom stereocenters. The Balaban J connectivity index is 1.67. The van der Waals surface area contributed by atoms with Crippen LogP contribution in [-0.2, 0) is 14.0 Å². The van der Waals surface area contributed by atoms with Gasteiger partial charge in [-0.25, -0.2) is 4.79 Å². The number of benzene rings is 2. The lowest BCUT2D eigenvalue weighted by Gasteiger charge is -2.39. The van der Waals surface area contributed by atoms with Gasteiger partial charge in [-0.05, 0) is 46.8 Å². The summed E-state index contributed by atoms with van der Waals surface area (Å²) < 4.78 is 11.9. The Kier molecular flexibility index (Phi) is 7.25. The minimum Gasteiger partial charge on any atom is -0.449 e. The van der Waals surface area contributed by atoms with Gasteiger partial charge in [-0.1, -0.05) is 76.2 Å². The van der Waals surface area contributed by atoms with Gasteiger partial charge in [-0.15, -0.1) is 0 Å². The number of carbonyl (C=O) groups excluding carboxylic acids is 2. The van der Waals surface area contributed by atoms with Crippen LogP contribution in [0.4, 0.5) is 4.79 Å². The van der Waals surface area contributed by atoms with Crippen molar-refractivity contribution in [3.8, 4) is 11.1 Å². The van der Waals surface area contributed by atoms with Gasteiger partial charge in [0.1, 0.15) is 19.0 Å². The normalized spacial score (nSPS) is 15.4. The summed E-state index contributed by atoms with van der Waals surface area (Å²) in [4.78, 5) is 24.5. The van der Waals surface area contributed by atoms with Crippen molar-refractivity contribution in [1.82, 2.24) is 5.32 Å². The quantitative estimate of drug-likeness (QED) is 0.400. The van der Waals surface area contributed by atoms with Crippen LogP contribution in [0.3, 0.4) is 0 Å². The SMILES string of the molecule is CCC(NC(=O)OCC1c2ccccc2-c2ccccc21)C(C=O)O[Si](C)(C)C(C)(C)C. The van der Waals surface area contributed by atoms with Gasteiger partial charge in [0.2, 0.25) is 0 Å². The molecule has 32 heavy (non-hydrogen) atoms. The number of fused-ring (bicyclic) bond motifs is 3.